The molecular weight excluding hydrogens is 218 g/mol. The maximum Gasteiger partial charge on any atom is 0.340 e. The Hall–Kier alpha value is -1.29. The van der Waals surface area contributed by atoms with E-state index in [9.17, 15) is 4.79 Å². The fraction of sp³-hybridized carbons (Fsp3) is 0.400. The number of ether oxygens (including phenoxy) is 1. The van der Waals surface area contributed by atoms with Gasteiger partial charge in [0.1, 0.15) is 10.6 Å². The minimum Gasteiger partial charge on any atom is -0.492 e. The summed E-state index contributed by atoms with van der Waals surface area (Å²) in [7, 11) is 0. The molecule has 1 aromatic rings. The van der Waals surface area contributed by atoms with Crippen LogP contribution in [0.3, 0.4) is 0 Å². The molecular formula is C10H12ClNO3. The third-order valence-corrected chi connectivity index (χ3v) is 1.73. The van der Waals surface area contributed by atoms with E-state index < -0.39 is 11.6 Å². The van der Waals surface area contributed by atoms with Crippen LogP contribution in [0.1, 0.15) is 31.1 Å². The number of pyridine rings is 1. The third kappa shape index (κ3) is 3.40. The monoisotopic (exact) mass is 229 g/mol. The first-order valence-corrected chi connectivity index (χ1v) is 4.75. The van der Waals surface area contributed by atoms with Gasteiger partial charge in [-0.15, -0.1) is 0 Å². The minimum absolute atomic E-state index is 0.0263. The Kier molecular flexibility index (Phi) is 3.19. The van der Waals surface area contributed by atoms with E-state index >= 15 is 0 Å². The summed E-state index contributed by atoms with van der Waals surface area (Å²) in [5.74, 6) is -0.819. The second-order valence-electron chi connectivity index (χ2n) is 4.03. The lowest BCUT2D eigenvalue weighted by atomic mass is 10.2. The molecule has 0 atom stereocenters. The van der Waals surface area contributed by atoms with Gasteiger partial charge >= 0.3 is 5.97 Å². The summed E-state index contributed by atoms with van der Waals surface area (Å²) < 4.78 is 5.10. The molecule has 0 spiro atoms. The number of nitrogens with zero attached hydrogens (tertiary/aromatic N) is 1. The summed E-state index contributed by atoms with van der Waals surface area (Å²) in [5.41, 5.74) is -0.353. The molecule has 1 rings (SSSR count). The topological polar surface area (TPSA) is 59.4 Å². The number of esters is 1. The molecule has 0 aliphatic heterocycles. The molecule has 5 heteroatoms. The predicted molar refractivity (Wildman–Crippen MR) is 56.1 cm³/mol. The highest BCUT2D eigenvalue weighted by Crippen LogP contribution is 2.21. The van der Waals surface area contributed by atoms with Gasteiger partial charge in [-0.2, -0.15) is 0 Å². The van der Waals surface area contributed by atoms with Crippen molar-refractivity contribution in [3.8, 4) is 5.88 Å². The van der Waals surface area contributed by atoms with Crippen molar-refractivity contribution in [2.75, 3.05) is 0 Å². The highest BCUT2D eigenvalue weighted by Gasteiger charge is 2.18. The SMILES string of the molecule is CC(C)(C)OC(=O)c1cnc(O)c(Cl)c1. The molecule has 82 valence electrons. The van der Waals surface area contributed by atoms with Gasteiger partial charge in [-0.25, -0.2) is 9.78 Å². The smallest absolute Gasteiger partial charge is 0.340 e. The zero-order valence-electron chi connectivity index (χ0n) is 8.74. The Bertz CT molecular complexity index is 385. The van der Waals surface area contributed by atoms with Crippen molar-refractivity contribution in [3.05, 3.63) is 22.8 Å². The first-order valence-electron chi connectivity index (χ1n) is 4.37. The lowest BCUT2D eigenvalue weighted by Crippen LogP contribution is -2.23. The summed E-state index contributed by atoms with van der Waals surface area (Å²) in [6, 6.07) is 1.32. The number of halogens is 1. The van der Waals surface area contributed by atoms with Crippen molar-refractivity contribution >= 4 is 17.6 Å². The standard InChI is InChI=1S/C10H12ClNO3/c1-10(2,3)15-9(14)6-4-7(11)8(13)12-5-6/h4-5H,1-3H3,(H,12,13). The lowest BCUT2D eigenvalue weighted by molar-refractivity contribution is 0.00691. The molecule has 0 radical (unpaired) electrons. The van der Waals surface area contributed by atoms with Gasteiger partial charge in [0, 0.05) is 6.20 Å². The number of hydrogen-bond acceptors (Lipinski definition) is 4. The van der Waals surface area contributed by atoms with E-state index in [-0.39, 0.29) is 16.5 Å². The molecule has 0 bridgehead atoms. The number of rotatable bonds is 1. The number of carbonyl (C=O) groups excluding carboxylic acids is 1. The van der Waals surface area contributed by atoms with Gasteiger partial charge in [-0.3, -0.25) is 0 Å². The Morgan fingerprint density at radius 1 is 1.53 bits per heavy atom. The summed E-state index contributed by atoms with van der Waals surface area (Å²) >= 11 is 5.61. The van der Waals surface area contributed by atoms with Gasteiger partial charge in [0.25, 0.3) is 0 Å². The van der Waals surface area contributed by atoms with Crippen LogP contribution in [0.5, 0.6) is 5.88 Å². The van der Waals surface area contributed by atoms with Crippen molar-refractivity contribution in [2.24, 2.45) is 0 Å². The molecule has 4 nitrogen and oxygen atoms in total. The molecule has 0 amide bonds. The van der Waals surface area contributed by atoms with Crippen molar-refractivity contribution in [2.45, 2.75) is 26.4 Å². The minimum atomic E-state index is -0.568. The van der Waals surface area contributed by atoms with Crippen LogP contribution in [0.2, 0.25) is 5.02 Å². The van der Waals surface area contributed by atoms with Crippen LogP contribution < -0.4 is 0 Å². The fourth-order valence-corrected chi connectivity index (χ4v) is 1.05. The lowest BCUT2D eigenvalue weighted by Gasteiger charge is -2.19. The third-order valence-electron chi connectivity index (χ3n) is 1.46. The van der Waals surface area contributed by atoms with Crippen LogP contribution in [0, 0.1) is 0 Å². The van der Waals surface area contributed by atoms with E-state index in [1.165, 1.54) is 12.3 Å². The van der Waals surface area contributed by atoms with E-state index in [0.717, 1.165) is 0 Å². The molecule has 1 heterocycles. The maximum atomic E-state index is 11.5. The Morgan fingerprint density at radius 3 is 2.60 bits per heavy atom. The molecule has 15 heavy (non-hydrogen) atoms. The van der Waals surface area contributed by atoms with Crippen molar-refractivity contribution in [1.82, 2.24) is 4.98 Å². The van der Waals surface area contributed by atoms with Crippen LogP contribution >= 0.6 is 11.6 Å². The van der Waals surface area contributed by atoms with Crippen LogP contribution in [0.25, 0.3) is 0 Å². The van der Waals surface area contributed by atoms with Crippen molar-refractivity contribution in [1.29, 1.82) is 0 Å². The Morgan fingerprint density at radius 2 is 2.13 bits per heavy atom. The molecule has 0 aliphatic carbocycles. The van der Waals surface area contributed by atoms with E-state index in [1.807, 2.05) is 0 Å². The van der Waals surface area contributed by atoms with E-state index in [0.29, 0.717) is 0 Å². The van der Waals surface area contributed by atoms with Crippen LogP contribution in [-0.4, -0.2) is 21.7 Å². The maximum absolute atomic E-state index is 11.5. The first-order chi connectivity index (χ1) is 6.79. The zero-order valence-corrected chi connectivity index (χ0v) is 9.50. The zero-order chi connectivity index (χ0) is 11.6. The molecule has 0 fully saturated rings. The van der Waals surface area contributed by atoms with Crippen LogP contribution in [0.4, 0.5) is 0 Å². The summed E-state index contributed by atoms with van der Waals surface area (Å²) in [6.45, 7) is 5.29. The Labute approximate surface area is 92.8 Å². The molecule has 1 aromatic heterocycles. The highest BCUT2D eigenvalue weighted by molar-refractivity contribution is 6.32. The van der Waals surface area contributed by atoms with Gasteiger partial charge in [-0.1, -0.05) is 11.6 Å². The summed E-state index contributed by atoms with van der Waals surface area (Å²) in [4.78, 5) is 15.1. The number of hydrogen-bond donors (Lipinski definition) is 1. The average molecular weight is 230 g/mol. The van der Waals surface area contributed by atoms with Gasteiger partial charge in [0.2, 0.25) is 5.88 Å². The molecule has 0 saturated heterocycles. The van der Waals surface area contributed by atoms with E-state index in [1.54, 1.807) is 20.8 Å². The van der Waals surface area contributed by atoms with Gasteiger partial charge < -0.3 is 9.84 Å². The number of aromatic hydroxyl groups is 1. The molecule has 0 unspecified atom stereocenters. The fourth-order valence-electron chi connectivity index (χ4n) is 0.879. The van der Waals surface area contributed by atoms with Crippen molar-refractivity contribution < 1.29 is 14.6 Å². The quantitative estimate of drug-likeness (QED) is 0.752. The Balaban J connectivity index is 2.88. The first kappa shape index (κ1) is 11.8. The summed E-state index contributed by atoms with van der Waals surface area (Å²) in [5, 5.41) is 9.09. The van der Waals surface area contributed by atoms with Gasteiger partial charge in [0.05, 0.1) is 5.56 Å². The predicted octanol–water partition coefficient (Wildman–Crippen LogP) is 2.40. The second kappa shape index (κ2) is 4.06. The van der Waals surface area contributed by atoms with Crippen LogP contribution in [-0.2, 0) is 4.74 Å². The average Bonchev–Trinajstić information content (AvgIpc) is 2.06. The van der Waals surface area contributed by atoms with Gasteiger partial charge in [0.15, 0.2) is 0 Å². The van der Waals surface area contributed by atoms with Gasteiger partial charge in [-0.05, 0) is 26.8 Å². The van der Waals surface area contributed by atoms with E-state index in [4.69, 9.17) is 21.4 Å². The van der Waals surface area contributed by atoms with Crippen molar-refractivity contribution in [3.63, 3.8) is 0 Å². The van der Waals surface area contributed by atoms with E-state index in [2.05, 4.69) is 4.98 Å². The number of aromatic nitrogens is 1. The number of carbonyl (C=O) groups is 1. The molecule has 0 saturated carbocycles. The molecule has 1 N–H and O–H groups in total. The highest BCUT2D eigenvalue weighted by atomic mass is 35.5. The molecule has 0 aromatic carbocycles. The second-order valence-corrected chi connectivity index (χ2v) is 4.44. The normalized spacial score (nSPS) is 11.2. The summed E-state index contributed by atoms with van der Waals surface area (Å²) in [6.07, 6.45) is 1.22. The molecule has 0 aliphatic rings. The van der Waals surface area contributed by atoms with Crippen LogP contribution in [0.15, 0.2) is 12.3 Å². The largest absolute Gasteiger partial charge is 0.492 e.